The van der Waals surface area contributed by atoms with E-state index in [1.54, 1.807) is 0 Å². The molecule has 0 bridgehead atoms. The first-order chi connectivity index (χ1) is 14.3. The van der Waals surface area contributed by atoms with Crippen molar-refractivity contribution < 1.29 is 0 Å². The molecule has 0 saturated heterocycles. The summed E-state index contributed by atoms with van der Waals surface area (Å²) in [7, 11) is 0. The number of unbranched alkanes of at least 4 members (excludes halogenated alkanes) is 18. The third-order valence-electron chi connectivity index (χ3n) is 6.34. The van der Waals surface area contributed by atoms with Crippen LogP contribution in [0.5, 0.6) is 0 Å². The highest BCUT2D eigenvalue weighted by molar-refractivity contribution is 4.98. The van der Waals surface area contributed by atoms with Gasteiger partial charge in [-0.05, 0) is 18.8 Å². The molecule has 0 aliphatic rings. The Labute approximate surface area is 186 Å². The molecule has 172 valence electrons. The lowest BCUT2D eigenvalue weighted by Crippen LogP contribution is -1.93. The molecule has 0 fully saturated rings. The molecule has 0 N–H and O–H groups in total. The average molecular weight is 405 g/mol. The van der Waals surface area contributed by atoms with Crippen LogP contribution < -0.4 is 0 Å². The van der Waals surface area contributed by atoms with Crippen molar-refractivity contribution in [3.05, 3.63) is 0 Å². The summed E-state index contributed by atoms with van der Waals surface area (Å²) >= 11 is 0. The molecule has 0 aromatic heterocycles. The predicted molar refractivity (Wildman–Crippen MR) is 134 cm³/mol. The van der Waals surface area contributed by atoms with E-state index in [1.165, 1.54) is 135 Å². The highest BCUT2D eigenvalue weighted by Crippen LogP contribution is 2.15. The summed E-state index contributed by atoms with van der Waals surface area (Å²) in [5.74, 6) is 7.68. The van der Waals surface area contributed by atoms with E-state index in [-0.39, 0.29) is 0 Å². The molecule has 0 nitrogen and oxygen atoms in total. The van der Waals surface area contributed by atoms with Crippen molar-refractivity contribution in [2.75, 3.05) is 0 Å². The molecule has 0 rings (SSSR count). The summed E-state index contributed by atoms with van der Waals surface area (Å²) in [5.41, 5.74) is 0. The van der Waals surface area contributed by atoms with Crippen molar-refractivity contribution in [2.24, 2.45) is 5.92 Å². The van der Waals surface area contributed by atoms with Gasteiger partial charge in [0, 0.05) is 12.8 Å². The molecule has 0 saturated carbocycles. The van der Waals surface area contributed by atoms with Crippen LogP contribution in [0.25, 0.3) is 0 Å². The third kappa shape index (κ3) is 25.5. The maximum atomic E-state index is 3.41. The number of hydrogen-bond acceptors (Lipinski definition) is 0. The topological polar surface area (TPSA) is 0 Å². The third-order valence-corrected chi connectivity index (χ3v) is 6.34. The van der Waals surface area contributed by atoms with Crippen molar-refractivity contribution in [3.8, 4) is 11.8 Å². The summed E-state index contributed by atoms with van der Waals surface area (Å²) in [4.78, 5) is 0. The largest absolute Gasteiger partial charge is 0.103 e. The Kier molecular flexibility index (Phi) is 25.2. The van der Waals surface area contributed by atoms with Gasteiger partial charge in [-0.2, -0.15) is 0 Å². The molecule has 1 atom stereocenters. The zero-order valence-corrected chi connectivity index (χ0v) is 20.8. The van der Waals surface area contributed by atoms with Crippen molar-refractivity contribution >= 4 is 0 Å². The van der Waals surface area contributed by atoms with Crippen LogP contribution in [0.3, 0.4) is 0 Å². The highest BCUT2D eigenvalue weighted by Gasteiger charge is 1.99. The summed E-state index contributed by atoms with van der Waals surface area (Å²) in [6, 6.07) is 0. The lowest BCUT2D eigenvalue weighted by atomic mass is 9.98. The highest BCUT2D eigenvalue weighted by atomic mass is 14.1. The Morgan fingerprint density at radius 3 is 1.28 bits per heavy atom. The number of hydrogen-bond donors (Lipinski definition) is 0. The zero-order chi connectivity index (χ0) is 21.3. The summed E-state index contributed by atoms with van der Waals surface area (Å²) in [5, 5.41) is 0. The summed E-state index contributed by atoms with van der Waals surface area (Å²) in [6.07, 6.45) is 32.2. The van der Waals surface area contributed by atoms with Gasteiger partial charge < -0.3 is 0 Å². The van der Waals surface area contributed by atoms with E-state index < -0.39 is 0 Å². The van der Waals surface area contributed by atoms with E-state index in [9.17, 15) is 0 Å². The molecule has 0 aromatic rings. The fraction of sp³-hybridized carbons (Fsp3) is 0.931. The number of rotatable bonds is 22. The molecule has 0 spiro atoms. The Morgan fingerprint density at radius 1 is 0.414 bits per heavy atom. The average Bonchev–Trinajstić information content (AvgIpc) is 2.72. The van der Waals surface area contributed by atoms with Crippen LogP contribution in [0, 0.1) is 17.8 Å². The molecule has 0 aliphatic carbocycles. The van der Waals surface area contributed by atoms with Gasteiger partial charge in [0.25, 0.3) is 0 Å². The fourth-order valence-electron chi connectivity index (χ4n) is 4.14. The van der Waals surface area contributed by atoms with Crippen molar-refractivity contribution in [2.45, 2.75) is 168 Å². The van der Waals surface area contributed by atoms with Crippen LogP contribution in [-0.4, -0.2) is 0 Å². The van der Waals surface area contributed by atoms with Crippen LogP contribution in [0.15, 0.2) is 0 Å². The van der Waals surface area contributed by atoms with E-state index in [4.69, 9.17) is 0 Å². The maximum absolute atomic E-state index is 3.41. The maximum Gasteiger partial charge on any atom is 0.00912 e. The van der Waals surface area contributed by atoms with Crippen LogP contribution in [-0.2, 0) is 0 Å². The smallest absolute Gasteiger partial charge is 0.00912 e. The molecule has 0 heteroatoms. The lowest BCUT2D eigenvalue weighted by molar-refractivity contribution is 0.470. The second kappa shape index (κ2) is 25.6. The predicted octanol–water partition coefficient (Wildman–Crippen LogP) is 10.6. The van der Waals surface area contributed by atoms with Gasteiger partial charge in [0.1, 0.15) is 0 Å². The Hall–Kier alpha value is -0.440. The van der Waals surface area contributed by atoms with Crippen LogP contribution in [0.2, 0.25) is 0 Å². The molecule has 1 unspecified atom stereocenters. The van der Waals surface area contributed by atoms with Gasteiger partial charge in [-0.25, -0.2) is 0 Å². The van der Waals surface area contributed by atoms with Gasteiger partial charge in [0.05, 0.1) is 0 Å². The molecule has 0 heterocycles. The lowest BCUT2D eigenvalue weighted by Gasteiger charge is -2.07. The molecule has 29 heavy (non-hydrogen) atoms. The Balaban J connectivity index is 3.15. The van der Waals surface area contributed by atoms with E-state index >= 15 is 0 Å². The van der Waals surface area contributed by atoms with Crippen molar-refractivity contribution in [1.29, 1.82) is 0 Å². The van der Waals surface area contributed by atoms with E-state index in [2.05, 4.69) is 32.6 Å². The standard InChI is InChI=1S/C29H56/c1-4-6-8-9-10-11-12-13-14-15-16-17-18-19-20-21-22-23-24-26-28-29(3)27-25-7-5-2/h29H,4-22,25-28H2,1-3H3. The van der Waals surface area contributed by atoms with Crippen molar-refractivity contribution in [1.82, 2.24) is 0 Å². The minimum atomic E-state index is 0.867. The van der Waals surface area contributed by atoms with Gasteiger partial charge in [0.15, 0.2) is 0 Å². The molecular weight excluding hydrogens is 348 g/mol. The Bertz CT molecular complexity index is 345. The van der Waals surface area contributed by atoms with Crippen LogP contribution in [0.1, 0.15) is 168 Å². The first kappa shape index (κ1) is 28.6. The minimum Gasteiger partial charge on any atom is -0.103 e. The zero-order valence-electron chi connectivity index (χ0n) is 20.8. The van der Waals surface area contributed by atoms with E-state index in [1.807, 2.05) is 0 Å². The summed E-state index contributed by atoms with van der Waals surface area (Å²) < 4.78 is 0. The van der Waals surface area contributed by atoms with Crippen LogP contribution in [0.4, 0.5) is 0 Å². The van der Waals surface area contributed by atoms with Gasteiger partial charge in [-0.1, -0.05) is 143 Å². The van der Waals surface area contributed by atoms with Gasteiger partial charge in [-0.15, -0.1) is 11.8 Å². The van der Waals surface area contributed by atoms with E-state index in [0.717, 1.165) is 18.8 Å². The molecule has 0 radical (unpaired) electrons. The van der Waals surface area contributed by atoms with Gasteiger partial charge >= 0.3 is 0 Å². The molecule has 0 amide bonds. The fourth-order valence-corrected chi connectivity index (χ4v) is 4.14. The first-order valence-electron chi connectivity index (χ1n) is 13.8. The second-order valence-electron chi connectivity index (χ2n) is 9.55. The first-order valence-corrected chi connectivity index (χ1v) is 13.8. The molecule has 0 aliphatic heterocycles. The van der Waals surface area contributed by atoms with Crippen LogP contribution >= 0.6 is 0 Å². The van der Waals surface area contributed by atoms with Gasteiger partial charge in [0.2, 0.25) is 0 Å². The molecule has 0 aromatic carbocycles. The monoisotopic (exact) mass is 404 g/mol. The van der Waals surface area contributed by atoms with Crippen molar-refractivity contribution in [3.63, 3.8) is 0 Å². The van der Waals surface area contributed by atoms with E-state index in [0.29, 0.717) is 0 Å². The quantitative estimate of drug-likeness (QED) is 0.124. The normalized spacial score (nSPS) is 12.0. The Morgan fingerprint density at radius 2 is 0.793 bits per heavy atom. The SMILES string of the molecule is CCCCCCCCCCCCCCCCCCC#CCCC(C)CCCCC. The van der Waals surface area contributed by atoms with Gasteiger partial charge in [-0.3, -0.25) is 0 Å². The second-order valence-corrected chi connectivity index (χ2v) is 9.55. The summed E-state index contributed by atoms with van der Waals surface area (Å²) in [6.45, 7) is 6.98. The molecular formula is C29H56. The minimum absolute atomic E-state index is 0.867.